The van der Waals surface area contributed by atoms with Crippen LogP contribution in [0.25, 0.3) is 0 Å². The van der Waals surface area contributed by atoms with Gasteiger partial charge in [-0.3, -0.25) is 0 Å². The maximum absolute atomic E-state index is 2.73. The van der Waals surface area contributed by atoms with Gasteiger partial charge >= 0.3 is 0 Å². The van der Waals surface area contributed by atoms with E-state index in [9.17, 15) is 0 Å². The first-order chi connectivity index (χ1) is 11.8. The average Bonchev–Trinajstić information content (AvgIpc) is 3.41. The van der Waals surface area contributed by atoms with E-state index in [0.29, 0.717) is 5.41 Å². The van der Waals surface area contributed by atoms with Crippen LogP contribution >= 0.6 is 0 Å². The summed E-state index contributed by atoms with van der Waals surface area (Å²) >= 11 is 0. The molecule has 5 rings (SSSR count). The molecule has 0 spiro atoms. The predicted molar refractivity (Wildman–Crippen MR) is 102 cm³/mol. The molecule has 0 saturated heterocycles. The monoisotopic (exact) mass is 322 g/mol. The molecule has 0 aromatic rings. The van der Waals surface area contributed by atoms with Crippen molar-refractivity contribution < 1.29 is 0 Å². The van der Waals surface area contributed by atoms with Crippen LogP contribution in [-0.4, -0.2) is 0 Å². The van der Waals surface area contributed by atoms with Gasteiger partial charge in [0.25, 0.3) is 0 Å². The molecular formula is C24H34. The van der Waals surface area contributed by atoms with E-state index >= 15 is 0 Å². The Kier molecular flexibility index (Phi) is 3.62. The Balaban J connectivity index is 1.43. The minimum Gasteiger partial charge on any atom is -0.0879 e. The molecule has 0 heterocycles. The Hall–Kier alpha value is -0.780. The number of rotatable bonds is 2. The van der Waals surface area contributed by atoms with Crippen LogP contribution in [0.3, 0.4) is 0 Å². The Morgan fingerprint density at radius 3 is 2.75 bits per heavy atom. The van der Waals surface area contributed by atoms with Crippen LogP contribution in [0.15, 0.2) is 34.9 Å². The van der Waals surface area contributed by atoms with Gasteiger partial charge in [0.05, 0.1) is 0 Å². The zero-order valence-corrected chi connectivity index (χ0v) is 15.7. The van der Waals surface area contributed by atoms with E-state index in [2.05, 4.69) is 32.1 Å². The average molecular weight is 323 g/mol. The zero-order valence-electron chi connectivity index (χ0n) is 15.7. The number of fused-ring (bicyclic) bond motifs is 5. The minimum absolute atomic E-state index is 0.586. The SMILES string of the molecule is C/C=C1/CCC2C3CCC4=C[C@@H](C5CC5)CC=C4C3CC[C@]12CC. The van der Waals surface area contributed by atoms with Crippen LogP contribution in [0.2, 0.25) is 0 Å². The number of hydrogen-bond acceptors (Lipinski definition) is 0. The van der Waals surface area contributed by atoms with Crippen molar-refractivity contribution in [3.63, 3.8) is 0 Å². The maximum Gasteiger partial charge on any atom is -0.00594 e. The van der Waals surface area contributed by atoms with Crippen LogP contribution in [0.4, 0.5) is 0 Å². The molecule has 5 aliphatic carbocycles. The van der Waals surface area contributed by atoms with E-state index < -0.39 is 0 Å². The van der Waals surface area contributed by atoms with E-state index in [4.69, 9.17) is 0 Å². The highest BCUT2D eigenvalue weighted by atomic mass is 14.6. The smallest absolute Gasteiger partial charge is 0.00594 e. The van der Waals surface area contributed by atoms with Gasteiger partial charge in [-0.25, -0.2) is 0 Å². The first-order valence-corrected chi connectivity index (χ1v) is 10.8. The summed E-state index contributed by atoms with van der Waals surface area (Å²) < 4.78 is 0. The lowest BCUT2D eigenvalue weighted by molar-refractivity contribution is 0.0474. The van der Waals surface area contributed by atoms with Gasteiger partial charge in [0.1, 0.15) is 0 Å². The normalized spacial score (nSPS) is 46.0. The third-order valence-corrected chi connectivity index (χ3v) is 8.76. The lowest BCUT2D eigenvalue weighted by Crippen LogP contribution is -2.43. The summed E-state index contributed by atoms with van der Waals surface area (Å²) in [5.41, 5.74) is 6.01. The Bertz CT molecular complexity index is 614. The highest BCUT2D eigenvalue weighted by Crippen LogP contribution is 2.64. The van der Waals surface area contributed by atoms with Crippen molar-refractivity contribution in [3.8, 4) is 0 Å². The second kappa shape index (κ2) is 5.61. The fourth-order valence-electron chi connectivity index (χ4n) is 7.45. The topological polar surface area (TPSA) is 0 Å². The summed E-state index contributed by atoms with van der Waals surface area (Å²) in [5, 5.41) is 0. The van der Waals surface area contributed by atoms with Crippen molar-refractivity contribution >= 4 is 0 Å². The van der Waals surface area contributed by atoms with Gasteiger partial charge in [-0.15, -0.1) is 0 Å². The third kappa shape index (κ3) is 2.10. The van der Waals surface area contributed by atoms with Crippen LogP contribution < -0.4 is 0 Å². The molecule has 0 aromatic heterocycles. The summed E-state index contributed by atoms with van der Waals surface area (Å²) in [7, 11) is 0. The Morgan fingerprint density at radius 2 is 2.00 bits per heavy atom. The summed E-state index contributed by atoms with van der Waals surface area (Å²) in [6.07, 6.45) is 22.3. The van der Waals surface area contributed by atoms with Gasteiger partial charge in [-0.1, -0.05) is 30.7 Å². The van der Waals surface area contributed by atoms with Crippen LogP contribution in [0.1, 0.15) is 78.1 Å². The molecule has 3 unspecified atom stereocenters. The standard InChI is InChI=1S/C24H34/c1-3-19-9-12-23-22-11-8-18-15-17(16-5-6-16)7-10-20(18)21(22)13-14-24(19,23)4-2/h3,10,15-17,21-23H,4-9,11-14H2,1-2H3/b19-3-/t17-,21?,22?,23?,24+/m0/s1. The van der Waals surface area contributed by atoms with Gasteiger partial charge < -0.3 is 0 Å². The molecule has 0 heteroatoms. The Labute approximate surface area is 148 Å². The molecule has 0 amide bonds. The molecule has 4 saturated carbocycles. The number of allylic oxidation sites excluding steroid dienone is 6. The lowest BCUT2D eigenvalue weighted by Gasteiger charge is -2.52. The first kappa shape index (κ1) is 15.5. The molecule has 4 fully saturated rings. The number of hydrogen-bond donors (Lipinski definition) is 0. The van der Waals surface area contributed by atoms with Gasteiger partial charge in [-0.2, -0.15) is 0 Å². The third-order valence-electron chi connectivity index (χ3n) is 8.76. The largest absolute Gasteiger partial charge is 0.0879 e. The zero-order chi connectivity index (χ0) is 16.3. The van der Waals surface area contributed by atoms with E-state index in [-0.39, 0.29) is 0 Å². The van der Waals surface area contributed by atoms with Gasteiger partial charge in [0.15, 0.2) is 0 Å². The van der Waals surface area contributed by atoms with Crippen LogP contribution in [-0.2, 0) is 0 Å². The van der Waals surface area contributed by atoms with Crippen molar-refractivity contribution in [2.75, 3.05) is 0 Å². The highest BCUT2D eigenvalue weighted by Gasteiger charge is 2.54. The first-order valence-electron chi connectivity index (χ1n) is 10.8. The molecule has 0 aromatic carbocycles. The van der Waals surface area contributed by atoms with E-state index in [0.717, 1.165) is 29.6 Å². The molecular weight excluding hydrogens is 288 g/mol. The summed E-state index contributed by atoms with van der Waals surface area (Å²) in [5.74, 6) is 4.82. The fourth-order valence-corrected chi connectivity index (χ4v) is 7.45. The summed E-state index contributed by atoms with van der Waals surface area (Å²) in [6.45, 7) is 4.76. The molecule has 0 N–H and O–H groups in total. The van der Waals surface area contributed by atoms with Gasteiger partial charge in [-0.05, 0) is 117 Å². The molecule has 5 atom stereocenters. The van der Waals surface area contributed by atoms with Crippen molar-refractivity contribution in [1.29, 1.82) is 0 Å². The van der Waals surface area contributed by atoms with E-state index in [1.807, 2.05) is 11.1 Å². The lowest BCUT2D eigenvalue weighted by atomic mass is 9.52. The summed E-state index contributed by atoms with van der Waals surface area (Å²) in [6, 6.07) is 0. The molecule has 24 heavy (non-hydrogen) atoms. The van der Waals surface area contributed by atoms with Crippen molar-refractivity contribution in [2.24, 2.45) is 35.0 Å². The molecule has 0 nitrogen and oxygen atoms in total. The molecule has 0 radical (unpaired) electrons. The predicted octanol–water partition coefficient (Wildman–Crippen LogP) is 6.84. The van der Waals surface area contributed by atoms with Crippen LogP contribution in [0, 0.1) is 35.0 Å². The van der Waals surface area contributed by atoms with Crippen molar-refractivity contribution in [3.05, 3.63) is 34.9 Å². The maximum atomic E-state index is 2.73. The van der Waals surface area contributed by atoms with Crippen LogP contribution in [0.5, 0.6) is 0 Å². The molecule has 5 aliphatic rings. The van der Waals surface area contributed by atoms with Gasteiger partial charge in [0, 0.05) is 0 Å². The highest BCUT2D eigenvalue weighted by molar-refractivity contribution is 5.41. The minimum atomic E-state index is 0.586. The van der Waals surface area contributed by atoms with E-state index in [1.54, 1.807) is 5.57 Å². The molecule has 0 bridgehead atoms. The fraction of sp³-hybridized carbons (Fsp3) is 0.750. The summed E-state index contributed by atoms with van der Waals surface area (Å²) in [4.78, 5) is 0. The van der Waals surface area contributed by atoms with E-state index in [1.165, 1.54) is 64.2 Å². The molecule has 0 aliphatic heterocycles. The second-order valence-corrected chi connectivity index (χ2v) is 9.40. The van der Waals surface area contributed by atoms with Gasteiger partial charge in [0.2, 0.25) is 0 Å². The quantitative estimate of drug-likeness (QED) is 0.488. The van der Waals surface area contributed by atoms with Crippen molar-refractivity contribution in [2.45, 2.75) is 78.1 Å². The second-order valence-electron chi connectivity index (χ2n) is 9.40. The molecule has 130 valence electrons. The Morgan fingerprint density at radius 1 is 1.12 bits per heavy atom. The van der Waals surface area contributed by atoms with Crippen molar-refractivity contribution in [1.82, 2.24) is 0 Å².